The molecular weight excluding hydrogens is 546 g/mol. The van der Waals surface area contributed by atoms with Crippen LogP contribution >= 0.6 is 11.6 Å². The number of carbonyl (C=O) groups is 3. The summed E-state index contributed by atoms with van der Waals surface area (Å²) in [4.78, 5) is 42.0. The average molecular weight is 578 g/mol. The lowest BCUT2D eigenvalue weighted by Crippen LogP contribution is -2.55. The van der Waals surface area contributed by atoms with E-state index >= 15 is 0 Å². The van der Waals surface area contributed by atoms with E-state index < -0.39 is 35.4 Å². The van der Waals surface area contributed by atoms with Crippen molar-refractivity contribution in [3.63, 3.8) is 0 Å². The Morgan fingerprint density at radius 1 is 0.902 bits per heavy atom. The van der Waals surface area contributed by atoms with Gasteiger partial charge in [-0.1, -0.05) is 78.9 Å². The van der Waals surface area contributed by atoms with E-state index in [0.717, 1.165) is 27.8 Å². The van der Waals surface area contributed by atoms with Crippen molar-refractivity contribution in [3.8, 4) is 11.1 Å². The van der Waals surface area contributed by atoms with Crippen LogP contribution in [0, 0.1) is 0 Å². The van der Waals surface area contributed by atoms with Crippen molar-refractivity contribution in [2.75, 3.05) is 13.2 Å². The van der Waals surface area contributed by atoms with E-state index in [2.05, 4.69) is 15.6 Å². The lowest BCUT2D eigenvalue weighted by molar-refractivity contribution is -0.142. The normalized spacial score (nSPS) is 14.1. The van der Waals surface area contributed by atoms with Crippen molar-refractivity contribution in [2.24, 2.45) is 16.5 Å². The van der Waals surface area contributed by atoms with Crippen molar-refractivity contribution in [1.82, 2.24) is 10.6 Å². The van der Waals surface area contributed by atoms with Crippen LogP contribution in [0.5, 0.6) is 0 Å². The topological polar surface area (TPSA) is 169 Å². The third-order valence-corrected chi connectivity index (χ3v) is 7.33. The van der Waals surface area contributed by atoms with E-state index in [4.69, 9.17) is 27.8 Å². The van der Waals surface area contributed by atoms with Crippen molar-refractivity contribution in [2.45, 2.75) is 36.2 Å². The Morgan fingerprint density at radius 2 is 1.49 bits per heavy atom. The molecule has 41 heavy (non-hydrogen) atoms. The van der Waals surface area contributed by atoms with Crippen LogP contribution in [0.1, 0.15) is 29.0 Å². The summed E-state index contributed by atoms with van der Waals surface area (Å²) in [5, 5.41) is 13.8. The number of fused-ring (bicyclic) bond motifs is 3. The summed E-state index contributed by atoms with van der Waals surface area (Å²) < 4.78 is 5.62. The first-order chi connectivity index (χ1) is 19.7. The van der Waals surface area contributed by atoms with Crippen LogP contribution in [-0.2, 0) is 20.7 Å². The minimum Gasteiger partial charge on any atom is -0.480 e. The highest BCUT2D eigenvalue weighted by Gasteiger charge is 2.33. The molecule has 0 aromatic heterocycles. The number of alkyl carbamates (subject to hydrolysis) is 1. The summed E-state index contributed by atoms with van der Waals surface area (Å²) in [5.74, 6) is -2.36. The molecule has 0 saturated carbocycles. The Kier molecular flexibility index (Phi) is 9.81. The van der Waals surface area contributed by atoms with Gasteiger partial charge in [-0.3, -0.25) is 9.79 Å². The second-order valence-corrected chi connectivity index (χ2v) is 10.2. The van der Waals surface area contributed by atoms with E-state index in [0.29, 0.717) is 0 Å². The van der Waals surface area contributed by atoms with Gasteiger partial charge in [0.1, 0.15) is 18.7 Å². The van der Waals surface area contributed by atoms with Gasteiger partial charge in [-0.2, -0.15) is 0 Å². The Balaban J connectivity index is 1.45. The highest BCUT2D eigenvalue weighted by molar-refractivity contribution is 6.22. The molecule has 2 amide bonds. The number of benzene rings is 3. The molecule has 214 valence electrons. The van der Waals surface area contributed by atoms with Crippen LogP contribution in [0.15, 0.2) is 83.9 Å². The minimum absolute atomic E-state index is 0.0613. The molecule has 1 aliphatic carbocycles. The fourth-order valence-corrected chi connectivity index (χ4v) is 5.15. The van der Waals surface area contributed by atoms with E-state index in [1.165, 1.54) is 0 Å². The first kappa shape index (κ1) is 29.4. The number of guanidine groups is 1. The second-order valence-electron chi connectivity index (χ2n) is 9.65. The van der Waals surface area contributed by atoms with E-state index in [-0.39, 0.29) is 37.9 Å². The zero-order valence-corrected chi connectivity index (χ0v) is 23.0. The van der Waals surface area contributed by atoms with Gasteiger partial charge in [0.15, 0.2) is 5.96 Å². The Bertz CT molecular complexity index is 1370. The smallest absolute Gasteiger partial charge is 0.407 e. The van der Waals surface area contributed by atoms with Crippen LogP contribution in [0.25, 0.3) is 11.1 Å². The number of carboxylic acid groups (broad SMARTS) is 1. The van der Waals surface area contributed by atoms with Gasteiger partial charge in [0.05, 0.1) is 5.38 Å². The van der Waals surface area contributed by atoms with Gasteiger partial charge in [-0.25, -0.2) is 9.59 Å². The molecular formula is C30H32ClN5O5. The number of carbonyl (C=O) groups excluding carboxylic acids is 2. The molecule has 1 unspecified atom stereocenters. The number of alkyl halides is 1. The molecule has 10 nitrogen and oxygen atoms in total. The Labute approximate surface area is 242 Å². The van der Waals surface area contributed by atoms with Gasteiger partial charge in [0, 0.05) is 18.9 Å². The molecule has 3 aromatic rings. The Hall–Kier alpha value is -4.57. The molecule has 0 saturated heterocycles. The number of carboxylic acids is 1. The first-order valence-corrected chi connectivity index (χ1v) is 13.6. The maximum absolute atomic E-state index is 13.3. The largest absolute Gasteiger partial charge is 0.480 e. The summed E-state index contributed by atoms with van der Waals surface area (Å²) in [5.41, 5.74) is 15.7. The number of hydrogen-bond donors (Lipinski definition) is 5. The lowest BCUT2D eigenvalue weighted by atomic mass is 9.98. The molecule has 1 aliphatic rings. The predicted octanol–water partition coefficient (Wildman–Crippen LogP) is 2.98. The third-order valence-electron chi connectivity index (χ3n) is 6.86. The molecule has 3 aromatic carbocycles. The van der Waals surface area contributed by atoms with Crippen LogP contribution in [0.4, 0.5) is 4.79 Å². The standard InChI is InChI=1S/C30H32ClN5O5/c31-24(14-15-34-29(32)33)26(28(38)39)36-27(37)25(16-18-8-2-1-3-9-18)35-30(40)41-17-23-21-12-6-4-10-19(21)20-11-5-7-13-22(20)23/h1-13,23-26H,14-17H2,(H,35,40)(H,36,37)(H,38,39)(H4,32,33,34)/t24?,25-,26-/m0/s1. The molecule has 0 aliphatic heterocycles. The van der Waals surface area contributed by atoms with E-state index in [1.807, 2.05) is 54.6 Å². The molecule has 11 heteroatoms. The molecule has 0 heterocycles. The van der Waals surface area contributed by atoms with E-state index in [9.17, 15) is 19.5 Å². The first-order valence-electron chi connectivity index (χ1n) is 13.1. The summed E-state index contributed by atoms with van der Waals surface area (Å²) >= 11 is 6.29. The molecule has 4 rings (SSSR count). The fraction of sp³-hybridized carbons (Fsp3) is 0.267. The summed E-state index contributed by atoms with van der Waals surface area (Å²) in [7, 11) is 0. The summed E-state index contributed by atoms with van der Waals surface area (Å²) in [6.45, 7) is 0.146. The molecule has 3 atom stereocenters. The lowest BCUT2D eigenvalue weighted by Gasteiger charge is -2.24. The fourth-order valence-electron chi connectivity index (χ4n) is 4.89. The maximum atomic E-state index is 13.3. The van der Waals surface area contributed by atoms with Gasteiger partial charge in [0.25, 0.3) is 0 Å². The van der Waals surface area contributed by atoms with Gasteiger partial charge in [-0.05, 0) is 34.2 Å². The highest BCUT2D eigenvalue weighted by atomic mass is 35.5. The van der Waals surface area contributed by atoms with Crippen LogP contribution in [0.3, 0.4) is 0 Å². The van der Waals surface area contributed by atoms with Gasteiger partial charge < -0.3 is 31.9 Å². The number of nitrogens with one attached hydrogen (secondary N) is 2. The van der Waals surface area contributed by atoms with Gasteiger partial charge in [-0.15, -0.1) is 11.6 Å². The zero-order valence-electron chi connectivity index (χ0n) is 22.2. The van der Waals surface area contributed by atoms with Crippen molar-refractivity contribution in [1.29, 1.82) is 0 Å². The van der Waals surface area contributed by atoms with Crippen molar-refractivity contribution >= 4 is 35.5 Å². The van der Waals surface area contributed by atoms with Crippen molar-refractivity contribution < 1.29 is 24.2 Å². The number of halogens is 1. The molecule has 0 spiro atoms. The molecule has 0 bridgehead atoms. The molecule has 7 N–H and O–H groups in total. The van der Waals surface area contributed by atoms with Crippen LogP contribution < -0.4 is 22.1 Å². The zero-order chi connectivity index (χ0) is 29.4. The van der Waals surface area contributed by atoms with Crippen LogP contribution in [0.2, 0.25) is 0 Å². The SMILES string of the molecule is NC(N)=NCCC(Cl)[C@H](NC(=O)[C@H](Cc1ccccc1)NC(=O)OCC1c2ccccc2-c2ccccc21)C(=O)O. The van der Waals surface area contributed by atoms with Crippen molar-refractivity contribution in [3.05, 3.63) is 95.6 Å². The monoisotopic (exact) mass is 577 g/mol. The minimum atomic E-state index is -1.44. The number of aliphatic imine (C=N–C) groups is 1. The average Bonchev–Trinajstić information content (AvgIpc) is 3.28. The van der Waals surface area contributed by atoms with Gasteiger partial charge in [0.2, 0.25) is 5.91 Å². The Morgan fingerprint density at radius 3 is 2.07 bits per heavy atom. The summed E-state index contributed by atoms with van der Waals surface area (Å²) in [6, 6.07) is 22.4. The number of aliphatic carboxylic acids is 1. The third kappa shape index (κ3) is 7.55. The maximum Gasteiger partial charge on any atom is 0.407 e. The van der Waals surface area contributed by atoms with E-state index in [1.54, 1.807) is 24.3 Å². The molecule has 0 radical (unpaired) electrons. The number of nitrogens with two attached hydrogens (primary N) is 2. The number of hydrogen-bond acceptors (Lipinski definition) is 5. The van der Waals surface area contributed by atoms with Gasteiger partial charge >= 0.3 is 12.1 Å². The number of rotatable bonds is 12. The summed E-state index contributed by atoms with van der Waals surface area (Å²) in [6.07, 6.45) is -0.602. The second kappa shape index (κ2) is 13.7. The number of ether oxygens (including phenoxy) is 1. The predicted molar refractivity (Wildman–Crippen MR) is 157 cm³/mol. The highest BCUT2D eigenvalue weighted by Crippen LogP contribution is 2.44. The number of nitrogens with zero attached hydrogens (tertiary/aromatic N) is 1. The quantitative estimate of drug-likeness (QED) is 0.125. The molecule has 0 fully saturated rings. The number of amides is 2. The van der Waals surface area contributed by atoms with Crippen LogP contribution in [-0.4, -0.2) is 59.6 Å².